The van der Waals surface area contributed by atoms with Gasteiger partial charge in [-0.3, -0.25) is 0 Å². The van der Waals surface area contributed by atoms with Gasteiger partial charge in [-0.25, -0.2) is 0 Å². The van der Waals surface area contributed by atoms with Gasteiger partial charge in [-0.2, -0.15) is 4.40 Å². The second-order valence-electron chi connectivity index (χ2n) is 7.10. The van der Waals surface area contributed by atoms with E-state index in [-0.39, 0.29) is 17.0 Å². The molecule has 0 atom stereocenters. The lowest BCUT2D eigenvalue weighted by Crippen LogP contribution is -3.00. The molecule has 0 fully saturated rings. The van der Waals surface area contributed by atoms with E-state index in [0.29, 0.717) is 16.6 Å². The zero-order valence-corrected chi connectivity index (χ0v) is 17.7. The van der Waals surface area contributed by atoms with Gasteiger partial charge in [-0.15, -0.1) is 5.54 Å². The molecule has 0 aliphatic rings. The van der Waals surface area contributed by atoms with Crippen molar-refractivity contribution >= 4 is 13.6 Å². The first-order valence-electron chi connectivity index (χ1n) is 8.31. The molecule has 0 saturated carbocycles. The smallest absolute Gasteiger partial charge is 0.211 e. The lowest BCUT2D eigenvalue weighted by atomic mass is 10.2. The normalized spacial score (nSPS) is 11.5. The molecule has 0 aliphatic carbocycles. The van der Waals surface area contributed by atoms with Gasteiger partial charge < -0.3 is 17.0 Å². The largest absolute Gasteiger partial charge is 1.00 e. The SMILES string of the molecule is CC(C)[Si](C#Cc1cc[n+]2ccccc2c1)(C(C)C)C(C)C.[Br-]. The summed E-state index contributed by atoms with van der Waals surface area (Å²) in [4.78, 5) is 0. The summed E-state index contributed by atoms with van der Waals surface area (Å²) in [6, 6.07) is 10.6. The number of hydrogen-bond acceptors (Lipinski definition) is 0. The Hall–Kier alpha value is -1.11. The summed E-state index contributed by atoms with van der Waals surface area (Å²) in [6.45, 7) is 14.1. The van der Waals surface area contributed by atoms with E-state index in [2.05, 4.69) is 94.1 Å². The van der Waals surface area contributed by atoms with Gasteiger partial charge in [0.2, 0.25) is 5.52 Å². The van der Waals surface area contributed by atoms with Gasteiger partial charge in [0.15, 0.2) is 12.4 Å². The third-order valence-electron chi connectivity index (χ3n) is 4.93. The highest BCUT2D eigenvalue weighted by Crippen LogP contribution is 2.40. The van der Waals surface area contributed by atoms with Crippen molar-refractivity contribution in [2.24, 2.45) is 0 Å². The first-order chi connectivity index (χ1) is 10.4. The maximum absolute atomic E-state index is 3.79. The monoisotopic (exact) mass is 389 g/mol. The van der Waals surface area contributed by atoms with Crippen LogP contribution in [0.4, 0.5) is 0 Å². The molecule has 0 bridgehead atoms. The highest BCUT2D eigenvalue weighted by atomic mass is 79.9. The molecule has 2 heterocycles. The molecule has 124 valence electrons. The fourth-order valence-electron chi connectivity index (χ4n) is 3.79. The Morgan fingerprint density at radius 2 is 1.48 bits per heavy atom. The molecule has 2 aromatic heterocycles. The molecule has 2 rings (SSSR count). The Bertz CT molecular complexity index is 688. The Balaban J connectivity index is 0.00000264. The van der Waals surface area contributed by atoms with E-state index in [1.165, 1.54) is 5.52 Å². The van der Waals surface area contributed by atoms with Crippen molar-refractivity contribution in [2.75, 3.05) is 0 Å². The van der Waals surface area contributed by atoms with E-state index >= 15 is 0 Å². The third kappa shape index (κ3) is 4.05. The van der Waals surface area contributed by atoms with Gasteiger partial charge in [-0.05, 0) is 22.7 Å². The predicted molar refractivity (Wildman–Crippen MR) is 97.5 cm³/mol. The molecule has 0 aliphatic heterocycles. The molecule has 2 aromatic rings. The van der Waals surface area contributed by atoms with Crippen molar-refractivity contribution in [1.29, 1.82) is 0 Å². The summed E-state index contributed by atoms with van der Waals surface area (Å²) >= 11 is 0. The fourth-order valence-corrected chi connectivity index (χ4v) is 9.01. The van der Waals surface area contributed by atoms with Crippen molar-refractivity contribution in [3.8, 4) is 11.5 Å². The minimum absolute atomic E-state index is 0. The van der Waals surface area contributed by atoms with Crippen LogP contribution in [0, 0.1) is 11.5 Å². The lowest BCUT2D eigenvalue weighted by Gasteiger charge is -2.38. The van der Waals surface area contributed by atoms with Gasteiger partial charge in [0.1, 0.15) is 8.07 Å². The minimum atomic E-state index is -1.65. The van der Waals surface area contributed by atoms with Crippen LogP contribution in [0.25, 0.3) is 5.52 Å². The number of hydrogen-bond donors (Lipinski definition) is 0. The molecular formula is C20H28BrNSi. The van der Waals surface area contributed by atoms with E-state index in [0.717, 1.165) is 5.56 Å². The van der Waals surface area contributed by atoms with E-state index in [4.69, 9.17) is 0 Å². The van der Waals surface area contributed by atoms with Crippen molar-refractivity contribution in [3.63, 3.8) is 0 Å². The fraction of sp³-hybridized carbons (Fsp3) is 0.450. The van der Waals surface area contributed by atoms with Gasteiger partial charge in [-0.1, -0.05) is 47.5 Å². The molecule has 0 unspecified atom stereocenters. The molecule has 0 aromatic carbocycles. The van der Waals surface area contributed by atoms with Crippen molar-refractivity contribution < 1.29 is 21.4 Å². The van der Waals surface area contributed by atoms with Crippen LogP contribution in [-0.4, -0.2) is 8.07 Å². The summed E-state index contributed by atoms with van der Waals surface area (Å²) in [5.41, 5.74) is 8.14. The molecular weight excluding hydrogens is 362 g/mol. The van der Waals surface area contributed by atoms with Crippen LogP contribution in [0.15, 0.2) is 42.7 Å². The van der Waals surface area contributed by atoms with Crippen molar-refractivity contribution in [1.82, 2.24) is 0 Å². The maximum Gasteiger partial charge on any atom is 0.211 e. The van der Waals surface area contributed by atoms with Gasteiger partial charge in [0, 0.05) is 29.8 Å². The van der Waals surface area contributed by atoms with Gasteiger partial charge >= 0.3 is 0 Å². The number of halogens is 1. The molecule has 23 heavy (non-hydrogen) atoms. The lowest BCUT2D eigenvalue weighted by molar-refractivity contribution is -0.512. The summed E-state index contributed by atoms with van der Waals surface area (Å²) in [6.07, 6.45) is 4.17. The van der Waals surface area contributed by atoms with E-state index in [1.807, 2.05) is 6.07 Å². The molecule has 0 spiro atoms. The van der Waals surface area contributed by atoms with Gasteiger partial charge in [0.25, 0.3) is 0 Å². The molecule has 0 amide bonds. The molecule has 0 radical (unpaired) electrons. The Kier molecular flexibility index (Phi) is 7.04. The second kappa shape index (κ2) is 8.12. The zero-order chi connectivity index (χ0) is 16.3. The topological polar surface area (TPSA) is 4.10 Å². The number of rotatable bonds is 3. The Morgan fingerprint density at radius 3 is 2.04 bits per heavy atom. The maximum atomic E-state index is 3.79. The average molecular weight is 390 g/mol. The third-order valence-corrected chi connectivity index (χ3v) is 11.2. The number of fused-ring (bicyclic) bond motifs is 1. The molecule has 1 nitrogen and oxygen atoms in total. The standard InChI is InChI=1S/C20H28NSi.BrH/c1-16(2)22(17(3)4,18(5)6)14-11-19-10-13-21-12-8-7-9-20(21)15-19;/h7-10,12-13,15-18H,1-6H3;1H/q+1;/p-1. The quantitative estimate of drug-likeness (QED) is 0.429. The van der Waals surface area contributed by atoms with Crippen molar-refractivity contribution in [3.05, 3.63) is 48.3 Å². The summed E-state index contributed by atoms with van der Waals surface area (Å²) in [5.74, 6) is 3.52. The average Bonchev–Trinajstić information content (AvgIpc) is 2.46. The van der Waals surface area contributed by atoms with Crippen molar-refractivity contribution in [2.45, 2.75) is 58.2 Å². The van der Waals surface area contributed by atoms with E-state index in [9.17, 15) is 0 Å². The highest BCUT2D eigenvalue weighted by Gasteiger charge is 2.41. The van der Waals surface area contributed by atoms with Gasteiger partial charge in [0.05, 0.1) is 0 Å². The summed E-state index contributed by atoms with van der Waals surface area (Å²) in [5, 5.41) is 0. The zero-order valence-electron chi connectivity index (χ0n) is 15.1. The van der Waals surface area contributed by atoms with E-state index < -0.39 is 8.07 Å². The molecule has 3 heteroatoms. The summed E-state index contributed by atoms with van der Waals surface area (Å²) < 4.78 is 2.13. The van der Waals surface area contributed by atoms with Crippen LogP contribution in [0.5, 0.6) is 0 Å². The number of nitrogens with zero attached hydrogens (tertiary/aromatic N) is 1. The highest BCUT2D eigenvalue weighted by molar-refractivity contribution is 6.90. The predicted octanol–water partition coefficient (Wildman–Crippen LogP) is 2.00. The van der Waals surface area contributed by atoms with Crippen LogP contribution < -0.4 is 21.4 Å². The Morgan fingerprint density at radius 1 is 0.870 bits per heavy atom. The van der Waals surface area contributed by atoms with Crippen LogP contribution >= 0.6 is 0 Å². The number of pyridine rings is 2. The second-order valence-corrected chi connectivity index (χ2v) is 12.7. The van der Waals surface area contributed by atoms with Crippen LogP contribution in [-0.2, 0) is 0 Å². The van der Waals surface area contributed by atoms with Crippen LogP contribution in [0.1, 0.15) is 47.1 Å². The van der Waals surface area contributed by atoms with Crippen LogP contribution in [0.2, 0.25) is 16.6 Å². The molecule has 0 saturated heterocycles. The Labute approximate surface area is 152 Å². The summed E-state index contributed by atoms with van der Waals surface area (Å²) in [7, 11) is -1.65. The first-order valence-corrected chi connectivity index (χ1v) is 10.5. The molecule has 0 N–H and O–H groups in total. The number of aromatic nitrogens is 1. The minimum Gasteiger partial charge on any atom is -1.00 e. The first kappa shape index (κ1) is 19.9. The van der Waals surface area contributed by atoms with E-state index in [1.54, 1.807) is 0 Å². The van der Waals surface area contributed by atoms with Crippen LogP contribution in [0.3, 0.4) is 0 Å².